The first-order valence-electron chi connectivity index (χ1n) is 8.45. The normalized spacial score (nSPS) is 10.4. The number of esters is 1. The molecule has 0 aliphatic heterocycles. The van der Waals surface area contributed by atoms with Gasteiger partial charge in [-0.2, -0.15) is 4.98 Å². The Morgan fingerprint density at radius 2 is 2.07 bits per heavy atom. The first-order chi connectivity index (χ1) is 13.5. The van der Waals surface area contributed by atoms with Crippen LogP contribution in [-0.4, -0.2) is 27.8 Å². The van der Waals surface area contributed by atoms with E-state index < -0.39 is 0 Å². The molecule has 0 bridgehead atoms. The largest absolute Gasteiger partial charge is 0.462 e. The van der Waals surface area contributed by atoms with Gasteiger partial charge in [-0.05, 0) is 49.5 Å². The minimum atomic E-state index is -0.385. The van der Waals surface area contributed by atoms with Crippen molar-refractivity contribution in [3.05, 3.63) is 65.0 Å². The highest BCUT2D eigenvalue weighted by atomic mass is 35.5. The first kappa shape index (κ1) is 19.8. The molecule has 0 unspecified atom stereocenters. The number of nitrogens with zero attached hydrogens (tertiary/aromatic N) is 2. The predicted molar refractivity (Wildman–Crippen MR) is 110 cm³/mol. The van der Waals surface area contributed by atoms with Gasteiger partial charge in [0.2, 0.25) is 11.7 Å². The molecule has 2 N–H and O–H groups in total. The van der Waals surface area contributed by atoms with E-state index in [1.54, 1.807) is 43.3 Å². The third kappa shape index (κ3) is 5.28. The monoisotopic (exact) mass is 416 g/mol. The number of nitrogens with one attached hydrogen (secondary N) is 2. The van der Waals surface area contributed by atoms with Crippen LogP contribution in [-0.2, 0) is 11.3 Å². The standard InChI is InChI=1S/C19H17ClN4O3S/c1-2-26-18(25)13-6-4-8-15(10-13)22-19(28)21-11-16-23-17(24-27-16)12-5-3-7-14(20)9-12/h3-10H,2,11H2,1H3,(H2,21,22,28). The Morgan fingerprint density at radius 3 is 2.86 bits per heavy atom. The number of anilines is 1. The average Bonchev–Trinajstić information content (AvgIpc) is 3.16. The number of rotatable bonds is 6. The summed E-state index contributed by atoms with van der Waals surface area (Å²) in [6.07, 6.45) is 0. The van der Waals surface area contributed by atoms with E-state index in [0.29, 0.717) is 39.7 Å². The van der Waals surface area contributed by atoms with Crippen LogP contribution in [0.25, 0.3) is 11.4 Å². The highest BCUT2D eigenvalue weighted by Gasteiger charge is 2.10. The van der Waals surface area contributed by atoms with Crippen LogP contribution in [0.3, 0.4) is 0 Å². The van der Waals surface area contributed by atoms with E-state index in [1.165, 1.54) is 0 Å². The SMILES string of the molecule is CCOC(=O)c1cccc(NC(=S)NCc2nc(-c3cccc(Cl)c3)no2)c1. The smallest absolute Gasteiger partial charge is 0.338 e. The third-order valence-corrected chi connectivity index (χ3v) is 4.06. The first-order valence-corrected chi connectivity index (χ1v) is 9.24. The van der Waals surface area contributed by atoms with Gasteiger partial charge >= 0.3 is 5.97 Å². The number of hydrogen-bond acceptors (Lipinski definition) is 6. The minimum absolute atomic E-state index is 0.247. The number of halogens is 1. The Hall–Kier alpha value is -2.97. The van der Waals surface area contributed by atoms with Crippen molar-refractivity contribution in [1.82, 2.24) is 15.5 Å². The van der Waals surface area contributed by atoms with Crippen molar-refractivity contribution in [2.24, 2.45) is 0 Å². The summed E-state index contributed by atoms with van der Waals surface area (Å²) in [5.41, 5.74) is 1.87. The predicted octanol–water partition coefficient (Wildman–Crippen LogP) is 4.05. The van der Waals surface area contributed by atoms with Crippen LogP contribution >= 0.6 is 23.8 Å². The summed E-state index contributed by atoms with van der Waals surface area (Å²) in [7, 11) is 0. The summed E-state index contributed by atoms with van der Waals surface area (Å²) in [5, 5.41) is 10.9. The van der Waals surface area contributed by atoms with E-state index in [9.17, 15) is 4.79 Å². The quantitative estimate of drug-likeness (QED) is 0.459. The van der Waals surface area contributed by atoms with Crippen LogP contribution in [0.15, 0.2) is 53.1 Å². The molecule has 0 amide bonds. The van der Waals surface area contributed by atoms with Gasteiger partial charge in [-0.15, -0.1) is 0 Å². The molecule has 144 valence electrons. The molecule has 0 spiro atoms. The van der Waals surface area contributed by atoms with Crippen molar-refractivity contribution in [2.75, 3.05) is 11.9 Å². The van der Waals surface area contributed by atoms with E-state index in [0.717, 1.165) is 5.56 Å². The molecule has 1 aromatic heterocycles. The highest BCUT2D eigenvalue weighted by Crippen LogP contribution is 2.20. The van der Waals surface area contributed by atoms with Gasteiger partial charge in [0.15, 0.2) is 5.11 Å². The fourth-order valence-corrected chi connectivity index (χ4v) is 2.72. The van der Waals surface area contributed by atoms with Gasteiger partial charge in [0.25, 0.3) is 0 Å². The number of carbonyl (C=O) groups is 1. The lowest BCUT2D eigenvalue weighted by atomic mass is 10.2. The maximum absolute atomic E-state index is 11.8. The van der Waals surface area contributed by atoms with Crippen LogP contribution in [0.1, 0.15) is 23.2 Å². The van der Waals surface area contributed by atoms with Gasteiger partial charge in [0.1, 0.15) is 0 Å². The number of hydrogen-bond donors (Lipinski definition) is 2. The van der Waals surface area contributed by atoms with Gasteiger partial charge in [-0.3, -0.25) is 0 Å². The number of aromatic nitrogens is 2. The zero-order chi connectivity index (χ0) is 19.9. The second kappa shape index (κ2) is 9.29. The molecule has 0 aliphatic carbocycles. The molecular weight excluding hydrogens is 400 g/mol. The summed E-state index contributed by atoms with van der Waals surface area (Å²) >= 11 is 11.2. The van der Waals surface area contributed by atoms with Crippen molar-refractivity contribution in [3.63, 3.8) is 0 Å². The zero-order valence-electron chi connectivity index (χ0n) is 14.9. The zero-order valence-corrected chi connectivity index (χ0v) is 16.5. The van der Waals surface area contributed by atoms with Crippen LogP contribution in [0.5, 0.6) is 0 Å². The van der Waals surface area contributed by atoms with Crippen molar-refractivity contribution < 1.29 is 14.1 Å². The fraction of sp³-hybridized carbons (Fsp3) is 0.158. The summed E-state index contributed by atoms with van der Waals surface area (Å²) in [4.78, 5) is 16.1. The summed E-state index contributed by atoms with van der Waals surface area (Å²) in [6.45, 7) is 2.32. The van der Waals surface area contributed by atoms with Crippen LogP contribution in [0.4, 0.5) is 5.69 Å². The molecule has 1 heterocycles. The second-order valence-corrected chi connectivity index (χ2v) is 6.48. The Morgan fingerprint density at radius 1 is 1.25 bits per heavy atom. The molecule has 0 radical (unpaired) electrons. The van der Waals surface area contributed by atoms with Gasteiger partial charge in [0.05, 0.1) is 18.7 Å². The Bertz CT molecular complexity index is 993. The summed E-state index contributed by atoms with van der Waals surface area (Å²) in [6, 6.07) is 14.1. The molecule has 0 aliphatic rings. The lowest BCUT2D eigenvalue weighted by Crippen LogP contribution is -2.28. The van der Waals surface area contributed by atoms with Crippen LogP contribution in [0, 0.1) is 0 Å². The van der Waals surface area contributed by atoms with Crippen molar-refractivity contribution >= 4 is 40.6 Å². The maximum Gasteiger partial charge on any atom is 0.338 e. The third-order valence-electron chi connectivity index (χ3n) is 3.58. The van der Waals surface area contributed by atoms with E-state index in [1.807, 2.05) is 12.1 Å². The van der Waals surface area contributed by atoms with E-state index in [4.69, 9.17) is 33.1 Å². The highest BCUT2D eigenvalue weighted by molar-refractivity contribution is 7.80. The van der Waals surface area contributed by atoms with Crippen LogP contribution < -0.4 is 10.6 Å². The maximum atomic E-state index is 11.8. The van der Waals surface area contributed by atoms with E-state index in [2.05, 4.69) is 20.8 Å². The van der Waals surface area contributed by atoms with Crippen molar-refractivity contribution in [3.8, 4) is 11.4 Å². The molecule has 0 saturated carbocycles. The average molecular weight is 417 g/mol. The molecule has 7 nitrogen and oxygen atoms in total. The van der Waals surface area contributed by atoms with Gasteiger partial charge in [-0.1, -0.05) is 35.0 Å². The summed E-state index contributed by atoms with van der Waals surface area (Å²) < 4.78 is 10.2. The topological polar surface area (TPSA) is 89.3 Å². The van der Waals surface area contributed by atoms with Gasteiger partial charge in [0, 0.05) is 16.3 Å². The van der Waals surface area contributed by atoms with Crippen molar-refractivity contribution in [1.29, 1.82) is 0 Å². The van der Waals surface area contributed by atoms with Gasteiger partial charge < -0.3 is 19.9 Å². The number of thiocarbonyl (C=S) groups is 1. The minimum Gasteiger partial charge on any atom is -0.462 e. The molecule has 28 heavy (non-hydrogen) atoms. The van der Waals surface area contributed by atoms with Gasteiger partial charge in [-0.25, -0.2) is 4.79 Å². The molecule has 0 fully saturated rings. The second-order valence-electron chi connectivity index (χ2n) is 5.63. The fourth-order valence-electron chi connectivity index (χ4n) is 2.34. The number of ether oxygens (including phenoxy) is 1. The molecule has 3 rings (SSSR count). The Labute approximate surface area is 172 Å². The number of benzene rings is 2. The molecule has 3 aromatic rings. The summed E-state index contributed by atoms with van der Waals surface area (Å²) in [5.74, 6) is 0.434. The number of carbonyl (C=O) groups excluding carboxylic acids is 1. The molecule has 2 aromatic carbocycles. The van der Waals surface area contributed by atoms with Crippen molar-refractivity contribution in [2.45, 2.75) is 13.5 Å². The van der Waals surface area contributed by atoms with Crippen LogP contribution in [0.2, 0.25) is 5.02 Å². The Balaban J connectivity index is 1.56. The Kier molecular flexibility index (Phi) is 6.57. The van der Waals surface area contributed by atoms with E-state index >= 15 is 0 Å². The lowest BCUT2D eigenvalue weighted by Gasteiger charge is -2.10. The molecule has 0 atom stereocenters. The lowest BCUT2D eigenvalue weighted by molar-refractivity contribution is 0.0526. The van der Waals surface area contributed by atoms with E-state index in [-0.39, 0.29) is 12.5 Å². The molecular formula is C19H17ClN4O3S. The molecule has 9 heteroatoms. The molecule has 0 saturated heterocycles.